The molecule has 1 atom stereocenters. The van der Waals surface area contributed by atoms with Gasteiger partial charge in [-0.15, -0.1) is 0 Å². The van der Waals surface area contributed by atoms with Gasteiger partial charge in [0.15, 0.2) is 0 Å². The van der Waals surface area contributed by atoms with E-state index in [1.165, 1.54) is 24.0 Å². The summed E-state index contributed by atoms with van der Waals surface area (Å²) in [5.41, 5.74) is 0.679. The molecule has 2 saturated heterocycles. The highest BCUT2D eigenvalue weighted by Gasteiger charge is 2.44. The van der Waals surface area contributed by atoms with Gasteiger partial charge in [-0.2, -0.15) is 0 Å². The summed E-state index contributed by atoms with van der Waals surface area (Å²) >= 11 is 0. The molecule has 0 aromatic heterocycles. The van der Waals surface area contributed by atoms with Crippen molar-refractivity contribution >= 4 is 17.8 Å². The number of carbonyl (C=O) groups excluding carboxylic acids is 2. The maximum atomic E-state index is 14.1. The molecule has 0 bridgehead atoms. The van der Waals surface area contributed by atoms with Crippen LogP contribution in [0.2, 0.25) is 0 Å². The lowest BCUT2D eigenvalue weighted by Gasteiger charge is -2.48. The van der Waals surface area contributed by atoms with Crippen LogP contribution in [0.1, 0.15) is 48.5 Å². The van der Waals surface area contributed by atoms with Gasteiger partial charge in [0.1, 0.15) is 11.9 Å². The lowest BCUT2D eigenvalue weighted by atomic mass is 9.72. The average molecular weight is 376 g/mol. The van der Waals surface area contributed by atoms with Crippen LogP contribution in [0.25, 0.3) is 0 Å². The van der Waals surface area contributed by atoms with Crippen molar-refractivity contribution in [3.05, 3.63) is 35.1 Å². The Morgan fingerprint density at radius 1 is 1.22 bits per heavy atom. The zero-order valence-electron chi connectivity index (χ0n) is 15.7. The van der Waals surface area contributed by atoms with Crippen molar-refractivity contribution in [1.82, 2.24) is 9.80 Å². The summed E-state index contributed by atoms with van der Waals surface area (Å²) < 4.78 is 14.1. The van der Waals surface area contributed by atoms with Gasteiger partial charge in [0, 0.05) is 26.1 Å². The van der Waals surface area contributed by atoms with Gasteiger partial charge >= 0.3 is 5.97 Å². The third-order valence-corrected chi connectivity index (χ3v) is 5.99. The van der Waals surface area contributed by atoms with E-state index >= 15 is 0 Å². The fourth-order valence-electron chi connectivity index (χ4n) is 4.09. The van der Waals surface area contributed by atoms with Gasteiger partial charge in [0.05, 0.1) is 5.56 Å². The Labute approximate surface area is 157 Å². The first-order valence-electron chi connectivity index (χ1n) is 9.30. The first-order chi connectivity index (χ1) is 12.7. The Bertz CT molecular complexity index is 771. The van der Waals surface area contributed by atoms with E-state index in [0.717, 1.165) is 5.56 Å². The number of likely N-dealkylation sites (tertiary alicyclic amines) is 2. The van der Waals surface area contributed by atoms with Crippen LogP contribution in [0.3, 0.4) is 0 Å². The van der Waals surface area contributed by atoms with Crippen LogP contribution < -0.4 is 0 Å². The topological polar surface area (TPSA) is 77.9 Å². The van der Waals surface area contributed by atoms with Gasteiger partial charge in [0.2, 0.25) is 5.91 Å². The number of aliphatic carboxylic acids is 1. The number of hydrogen-bond donors (Lipinski definition) is 1. The van der Waals surface area contributed by atoms with Gasteiger partial charge in [-0.1, -0.05) is 6.07 Å². The predicted molar refractivity (Wildman–Crippen MR) is 96.8 cm³/mol. The summed E-state index contributed by atoms with van der Waals surface area (Å²) in [7, 11) is 0. The highest BCUT2D eigenvalue weighted by Crippen LogP contribution is 2.41. The number of rotatable bonds is 3. The predicted octanol–water partition coefficient (Wildman–Crippen LogP) is 2.45. The molecule has 2 fully saturated rings. The van der Waals surface area contributed by atoms with Crippen molar-refractivity contribution < 1.29 is 23.9 Å². The number of benzene rings is 1. The van der Waals surface area contributed by atoms with E-state index in [1.807, 2.05) is 0 Å². The first kappa shape index (κ1) is 19.3. The fraction of sp³-hybridized carbons (Fsp3) is 0.550. The van der Waals surface area contributed by atoms with Crippen LogP contribution in [0.5, 0.6) is 0 Å². The molecule has 2 aliphatic rings. The molecule has 0 radical (unpaired) electrons. The minimum atomic E-state index is -1.01. The molecule has 2 heterocycles. The minimum Gasteiger partial charge on any atom is -0.480 e. The molecule has 0 saturated carbocycles. The van der Waals surface area contributed by atoms with Crippen LogP contribution in [0.4, 0.5) is 4.39 Å². The summed E-state index contributed by atoms with van der Waals surface area (Å²) in [6.07, 6.45) is 2.40. The molecule has 146 valence electrons. The summed E-state index contributed by atoms with van der Waals surface area (Å²) in [6.45, 7) is 4.67. The van der Waals surface area contributed by atoms with Crippen molar-refractivity contribution in [2.45, 2.75) is 45.6 Å². The van der Waals surface area contributed by atoms with Crippen LogP contribution in [-0.4, -0.2) is 58.4 Å². The van der Waals surface area contributed by atoms with E-state index in [9.17, 15) is 23.9 Å². The Kier molecular flexibility index (Phi) is 5.22. The molecular weight excluding hydrogens is 351 g/mol. The smallest absolute Gasteiger partial charge is 0.326 e. The SMILES string of the molecule is Cc1ccc(C(=O)N2CCC3(CCC(=O)N([C@H](C)C(=O)O)C3)CC2)c(F)c1. The molecule has 1 N–H and O–H groups in total. The molecule has 7 heteroatoms. The van der Waals surface area contributed by atoms with Crippen LogP contribution >= 0.6 is 0 Å². The third-order valence-electron chi connectivity index (χ3n) is 5.99. The lowest BCUT2D eigenvalue weighted by Crippen LogP contribution is -2.55. The Hall–Kier alpha value is -2.44. The van der Waals surface area contributed by atoms with E-state index in [-0.39, 0.29) is 22.8 Å². The van der Waals surface area contributed by atoms with Gasteiger partial charge in [-0.05, 0) is 56.2 Å². The van der Waals surface area contributed by atoms with Crippen molar-refractivity contribution in [1.29, 1.82) is 0 Å². The highest BCUT2D eigenvalue weighted by molar-refractivity contribution is 5.94. The molecule has 6 nitrogen and oxygen atoms in total. The molecule has 1 aromatic carbocycles. The molecule has 1 spiro atoms. The molecule has 0 unspecified atom stereocenters. The number of amides is 2. The van der Waals surface area contributed by atoms with Crippen LogP contribution in [0.15, 0.2) is 18.2 Å². The first-order valence-corrected chi connectivity index (χ1v) is 9.30. The number of nitrogens with zero attached hydrogens (tertiary/aromatic N) is 2. The van der Waals surface area contributed by atoms with Gasteiger partial charge in [-0.3, -0.25) is 9.59 Å². The largest absolute Gasteiger partial charge is 0.480 e. The number of piperidine rings is 2. The van der Waals surface area contributed by atoms with Gasteiger partial charge in [0.25, 0.3) is 5.91 Å². The van der Waals surface area contributed by atoms with Crippen molar-refractivity contribution in [3.63, 3.8) is 0 Å². The van der Waals surface area contributed by atoms with E-state index in [4.69, 9.17) is 0 Å². The van der Waals surface area contributed by atoms with Crippen LogP contribution in [-0.2, 0) is 9.59 Å². The van der Waals surface area contributed by atoms with E-state index in [2.05, 4.69) is 0 Å². The average Bonchev–Trinajstić information content (AvgIpc) is 2.63. The van der Waals surface area contributed by atoms with Crippen LogP contribution in [0, 0.1) is 18.2 Å². The summed E-state index contributed by atoms with van der Waals surface area (Å²) in [5.74, 6) is -1.96. The van der Waals surface area contributed by atoms with E-state index in [0.29, 0.717) is 45.3 Å². The lowest BCUT2D eigenvalue weighted by molar-refractivity contribution is -0.154. The van der Waals surface area contributed by atoms with Crippen molar-refractivity contribution in [3.8, 4) is 0 Å². The molecule has 3 rings (SSSR count). The Morgan fingerprint density at radius 3 is 2.48 bits per heavy atom. The number of carbonyl (C=O) groups is 3. The quantitative estimate of drug-likeness (QED) is 0.879. The molecule has 2 amide bonds. The van der Waals surface area contributed by atoms with E-state index in [1.54, 1.807) is 17.9 Å². The number of carboxylic acid groups (broad SMARTS) is 1. The maximum Gasteiger partial charge on any atom is 0.326 e. The highest BCUT2D eigenvalue weighted by atomic mass is 19.1. The summed E-state index contributed by atoms with van der Waals surface area (Å²) in [4.78, 5) is 39.2. The van der Waals surface area contributed by atoms with Crippen molar-refractivity contribution in [2.24, 2.45) is 5.41 Å². The standard InChI is InChI=1S/C20H25FN2O4/c1-13-3-4-15(16(21)11-13)18(25)22-9-7-20(8-10-22)6-5-17(24)23(12-20)14(2)19(26)27/h3-4,11,14H,5-10,12H2,1-2H3,(H,26,27)/t14-/m1/s1. The molecule has 1 aromatic rings. The van der Waals surface area contributed by atoms with Gasteiger partial charge < -0.3 is 14.9 Å². The second-order valence-electron chi connectivity index (χ2n) is 7.81. The number of aryl methyl sites for hydroxylation is 1. The number of halogens is 1. The van der Waals surface area contributed by atoms with E-state index < -0.39 is 17.8 Å². The summed E-state index contributed by atoms with van der Waals surface area (Å²) in [5, 5.41) is 9.24. The zero-order chi connectivity index (χ0) is 19.8. The zero-order valence-corrected chi connectivity index (χ0v) is 15.7. The summed E-state index contributed by atoms with van der Waals surface area (Å²) in [6, 6.07) is 3.75. The number of carboxylic acids is 1. The normalized spacial score (nSPS) is 20.6. The molecule has 2 aliphatic heterocycles. The molecule has 27 heavy (non-hydrogen) atoms. The molecule has 0 aliphatic carbocycles. The minimum absolute atomic E-state index is 0.0801. The Morgan fingerprint density at radius 2 is 1.89 bits per heavy atom. The maximum absolute atomic E-state index is 14.1. The second kappa shape index (κ2) is 7.29. The van der Waals surface area contributed by atoms with Crippen molar-refractivity contribution in [2.75, 3.05) is 19.6 Å². The fourth-order valence-corrected chi connectivity index (χ4v) is 4.09. The Balaban J connectivity index is 1.68. The van der Waals surface area contributed by atoms with Gasteiger partial charge in [-0.25, -0.2) is 9.18 Å². The number of hydrogen-bond acceptors (Lipinski definition) is 3. The second-order valence-corrected chi connectivity index (χ2v) is 7.81. The monoisotopic (exact) mass is 376 g/mol. The third kappa shape index (κ3) is 3.82. The molecular formula is C20H25FN2O4.